The molecule has 0 fully saturated rings. The van der Waals surface area contributed by atoms with E-state index in [1.807, 2.05) is 18.2 Å². The van der Waals surface area contributed by atoms with Crippen molar-refractivity contribution in [2.24, 2.45) is 0 Å². The number of methoxy groups -OCH3 is 3. The summed E-state index contributed by atoms with van der Waals surface area (Å²) in [6.45, 7) is 1.80. The molecule has 160 valence electrons. The maximum Gasteiger partial charge on any atom is 0.255 e. The standard InChI is InChI=1S/C21H22N6O4/c1-12-18(20(28)23-15-7-5-6-8-17(15)31-4)19(27-21(22-12)24-25-26-27)14-11-13(29-2)9-10-16(14)30-3/h5-11,19H,1-4H3,(H,23,28)(H,22,24,26). The van der Waals surface area contributed by atoms with Gasteiger partial charge in [0.2, 0.25) is 5.95 Å². The topological polar surface area (TPSA) is 112 Å². The van der Waals surface area contributed by atoms with Crippen molar-refractivity contribution in [1.29, 1.82) is 0 Å². The summed E-state index contributed by atoms with van der Waals surface area (Å²) in [7, 11) is 4.69. The van der Waals surface area contributed by atoms with E-state index in [9.17, 15) is 4.79 Å². The fraction of sp³-hybridized carbons (Fsp3) is 0.238. The Labute approximate surface area is 178 Å². The maximum absolute atomic E-state index is 13.5. The zero-order valence-corrected chi connectivity index (χ0v) is 17.5. The van der Waals surface area contributed by atoms with Gasteiger partial charge >= 0.3 is 0 Å². The van der Waals surface area contributed by atoms with Gasteiger partial charge in [-0.05, 0) is 47.7 Å². The van der Waals surface area contributed by atoms with Gasteiger partial charge in [0.15, 0.2) is 0 Å². The van der Waals surface area contributed by atoms with E-state index in [-0.39, 0.29) is 5.91 Å². The molecule has 0 saturated heterocycles. The summed E-state index contributed by atoms with van der Waals surface area (Å²) in [6.07, 6.45) is 0. The number of nitrogens with zero attached hydrogens (tertiary/aromatic N) is 4. The van der Waals surface area contributed by atoms with Crippen molar-refractivity contribution in [2.75, 3.05) is 32.0 Å². The molecule has 1 unspecified atom stereocenters. The Kier molecular flexibility index (Phi) is 5.44. The van der Waals surface area contributed by atoms with Crippen molar-refractivity contribution in [3.8, 4) is 17.2 Å². The first kappa shape index (κ1) is 20.2. The minimum atomic E-state index is -0.647. The lowest BCUT2D eigenvalue weighted by atomic mass is 9.94. The van der Waals surface area contributed by atoms with Crippen molar-refractivity contribution in [3.05, 3.63) is 59.3 Å². The second-order valence-corrected chi connectivity index (χ2v) is 6.78. The van der Waals surface area contributed by atoms with Gasteiger partial charge in [-0.15, -0.1) is 0 Å². The first-order valence-electron chi connectivity index (χ1n) is 9.49. The largest absolute Gasteiger partial charge is 0.497 e. The second kappa shape index (κ2) is 8.34. The van der Waals surface area contributed by atoms with Gasteiger partial charge in [-0.3, -0.25) is 4.79 Å². The highest BCUT2D eigenvalue weighted by molar-refractivity contribution is 6.06. The van der Waals surface area contributed by atoms with E-state index < -0.39 is 6.04 Å². The number of carbonyl (C=O) groups is 1. The molecule has 10 heteroatoms. The fourth-order valence-corrected chi connectivity index (χ4v) is 3.58. The number of aromatic nitrogens is 4. The Hall–Kier alpha value is -4.08. The van der Waals surface area contributed by atoms with E-state index in [2.05, 4.69) is 26.2 Å². The third-order valence-corrected chi connectivity index (χ3v) is 5.05. The molecule has 1 amide bonds. The predicted molar refractivity (Wildman–Crippen MR) is 113 cm³/mol. The number of amides is 1. The first-order chi connectivity index (χ1) is 15.1. The van der Waals surface area contributed by atoms with Gasteiger partial charge in [-0.25, -0.2) is 0 Å². The van der Waals surface area contributed by atoms with Gasteiger partial charge in [0.1, 0.15) is 23.3 Å². The molecule has 0 saturated carbocycles. The van der Waals surface area contributed by atoms with Crippen LogP contribution in [0.1, 0.15) is 18.5 Å². The molecule has 1 aliphatic heterocycles. The Morgan fingerprint density at radius 2 is 1.84 bits per heavy atom. The van der Waals surface area contributed by atoms with Crippen LogP contribution in [0, 0.1) is 0 Å². The molecule has 2 aromatic carbocycles. The molecular formula is C21H22N6O4. The van der Waals surface area contributed by atoms with Gasteiger partial charge in [0.25, 0.3) is 5.91 Å². The first-order valence-corrected chi connectivity index (χ1v) is 9.49. The molecule has 1 aliphatic rings. The number of carbonyl (C=O) groups excluding carboxylic acids is 1. The zero-order valence-electron chi connectivity index (χ0n) is 17.5. The summed E-state index contributed by atoms with van der Waals surface area (Å²) < 4.78 is 17.9. The van der Waals surface area contributed by atoms with E-state index in [0.717, 1.165) is 0 Å². The van der Waals surface area contributed by atoms with Gasteiger partial charge in [0, 0.05) is 11.3 Å². The van der Waals surface area contributed by atoms with Crippen LogP contribution in [0.5, 0.6) is 17.2 Å². The smallest absolute Gasteiger partial charge is 0.255 e. The number of allylic oxidation sites excluding steroid dienone is 1. The Morgan fingerprint density at radius 3 is 2.58 bits per heavy atom. The van der Waals surface area contributed by atoms with Crippen LogP contribution in [-0.4, -0.2) is 47.4 Å². The number of hydrogen-bond donors (Lipinski definition) is 2. The molecule has 1 atom stereocenters. The minimum Gasteiger partial charge on any atom is -0.497 e. The molecule has 10 nitrogen and oxygen atoms in total. The number of rotatable bonds is 6. The Bertz CT molecular complexity index is 1160. The molecular weight excluding hydrogens is 400 g/mol. The number of benzene rings is 2. The molecule has 1 aromatic heterocycles. The summed E-state index contributed by atoms with van der Waals surface area (Å²) in [5.74, 6) is 1.83. The fourth-order valence-electron chi connectivity index (χ4n) is 3.58. The number of nitrogens with one attached hydrogen (secondary N) is 2. The molecule has 0 radical (unpaired) electrons. The highest BCUT2D eigenvalue weighted by Gasteiger charge is 2.36. The Morgan fingerprint density at radius 1 is 1.06 bits per heavy atom. The van der Waals surface area contributed by atoms with E-state index >= 15 is 0 Å². The van der Waals surface area contributed by atoms with Gasteiger partial charge in [0.05, 0.1) is 32.6 Å². The SMILES string of the molecule is COc1ccc(OC)c(C2C(C(=O)Nc3ccccc3OC)=C(C)Nc3nnnn32)c1. The molecule has 4 rings (SSSR count). The summed E-state index contributed by atoms with van der Waals surface area (Å²) in [4.78, 5) is 13.5. The lowest BCUT2D eigenvalue weighted by Gasteiger charge is -2.29. The quantitative estimate of drug-likeness (QED) is 0.623. The monoisotopic (exact) mass is 422 g/mol. The summed E-state index contributed by atoms with van der Waals surface area (Å²) in [6, 6.07) is 11.9. The van der Waals surface area contributed by atoms with Crippen LogP contribution in [0.25, 0.3) is 0 Å². The average Bonchev–Trinajstić information content (AvgIpc) is 3.26. The van der Waals surface area contributed by atoms with Crippen molar-refractivity contribution >= 4 is 17.5 Å². The van der Waals surface area contributed by atoms with Crippen LogP contribution in [0.4, 0.5) is 11.6 Å². The predicted octanol–water partition coefficient (Wildman–Crippen LogP) is 2.63. The molecule has 31 heavy (non-hydrogen) atoms. The van der Waals surface area contributed by atoms with Crippen molar-refractivity contribution in [1.82, 2.24) is 20.2 Å². The normalized spacial score (nSPS) is 15.0. The number of hydrogen-bond acceptors (Lipinski definition) is 8. The molecule has 2 heterocycles. The lowest BCUT2D eigenvalue weighted by molar-refractivity contribution is -0.113. The van der Waals surface area contributed by atoms with Gasteiger partial charge in [-0.2, -0.15) is 4.68 Å². The van der Waals surface area contributed by atoms with Crippen molar-refractivity contribution < 1.29 is 19.0 Å². The van der Waals surface area contributed by atoms with E-state index in [1.54, 1.807) is 57.2 Å². The highest BCUT2D eigenvalue weighted by atomic mass is 16.5. The van der Waals surface area contributed by atoms with Crippen molar-refractivity contribution in [3.63, 3.8) is 0 Å². The maximum atomic E-state index is 13.5. The number of para-hydroxylation sites is 2. The molecule has 0 bridgehead atoms. The van der Waals surface area contributed by atoms with E-state index in [0.29, 0.717) is 45.7 Å². The molecule has 2 N–H and O–H groups in total. The molecule has 3 aromatic rings. The van der Waals surface area contributed by atoms with E-state index in [4.69, 9.17) is 14.2 Å². The number of ether oxygens (including phenoxy) is 3. The Balaban J connectivity index is 1.83. The van der Waals surface area contributed by atoms with Crippen LogP contribution in [-0.2, 0) is 4.79 Å². The van der Waals surface area contributed by atoms with Gasteiger partial charge < -0.3 is 24.8 Å². The zero-order chi connectivity index (χ0) is 22.0. The van der Waals surface area contributed by atoms with Crippen LogP contribution in [0.15, 0.2) is 53.7 Å². The average molecular weight is 422 g/mol. The number of tetrazole rings is 1. The van der Waals surface area contributed by atoms with E-state index in [1.165, 1.54) is 0 Å². The summed E-state index contributed by atoms with van der Waals surface area (Å²) in [5, 5.41) is 17.9. The number of fused-ring (bicyclic) bond motifs is 1. The van der Waals surface area contributed by atoms with Gasteiger partial charge in [-0.1, -0.05) is 17.2 Å². The van der Waals surface area contributed by atoms with Crippen LogP contribution < -0.4 is 24.8 Å². The summed E-state index contributed by atoms with van der Waals surface area (Å²) in [5.41, 5.74) is 2.28. The highest BCUT2D eigenvalue weighted by Crippen LogP contribution is 2.40. The third kappa shape index (κ3) is 3.63. The molecule has 0 spiro atoms. The minimum absolute atomic E-state index is 0.328. The van der Waals surface area contributed by atoms with Crippen LogP contribution in [0.2, 0.25) is 0 Å². The number of anilines is 2. The second-order valence-electron chi connectivity index (χ2n) is 6.78. The van der Waals surface area contributed by atoms with Crippen molar-refractivity contribution in [2.45, 2.75) is 13.0 Å². The lowest BCUT2D eigenvalue weighted by Crippen LogP contribution is -2.31. The molecule has 0 aliphatic carbocycles. The van der Waals surface area contributed by atoms with Crippen LogP contribution >= 0.6 is 0 Å². The third-order valence-electron chi connectivity index (χ3n) is 5.05. The van der Waals surface area contributed by atoms with Crippen LogP contribution in [0.3, 0.4) is 0 Å². The summed E-state index contributed by atoms with van der Waals surface area (Å²) >= 11 is 0.